The maximum atomic E-state index is 12.8. The molecule has 0 amide bonds. The molecule has 2 unspecified atom stereocenters. The fraction of sp³-hybridized carbons (Fsp3) is 0.729. The van der Waals surface area contributed by atoms with E-state index in [-0.39, 0.29) is 38.6 Å². The van der Waals surface area contributed by atoms with Gasteiger partial charge in [-0.15, -0.1) is 0 Å². The van der Waals surface area contributed by atoms with Gasteiger partial charge in [0.15, 0.2) is 6.10 Å². The smallest absolute Gasteiger partial charge is 0.361 e. The summed E-state index contributed by atoms with van der Waals surface area (Å²) in [4.78, 5) is 37.1. The molecule has 328 valence electrons. The summed E-state index contributed by atoms with van der Waals surface area (Å²) in [5, 5.41) is 9.63. The molecule has 0 aliphatic heterocycles. The van der Waals surface area contributed by atoms with Gasteiger partial charge < -0.3 is 28.5 Å². The second kappa shape index (κ2) is 39.8. The van der Waals surface area contributed by atoms with Crippen molar-refractivity contribution < 1.29 is 42.9 Å². The monoisotopic (exact) mass is 803 g/mol. The molecule has 0 rings (SSSR count). The van der Waals surface area contributed by atoms with Crippen molar-refractivity contribution in [2.75, 3.05) is 47.5 Å². The molecule has 57 heavy (non-hydrogen) atoms. The number of nitrogens with zero attached hydrogens (tertiary/aromatic N) is 1. The highest BCUT2D eigenvalue weighted by molar-refractivity contribution is 5.71. The largest absolute Gasteiger partial charge is 0.477 e. The van der Waals surface area contributed by atoms with Crippen LogP contribution in [0.1, 0.15) is 168 Å². The quantitative estimate of drug-likeness (QED) is 0.0214. The number of carboxylic acids is 1. The molecule has 0 aromatic carbocycles. The molecule has 9 nitrogen and oxygen atoms in total. The molecule has 0 saturated heterocycles. The Balaban J connectivity index is 4.48. The van der Waals surface area contributed by atoms with Crippen molar-refractivity contribution in [3.05, 3.63) is 60.8 Å². The molecule has 0 aliphatic carbocycles. The molecule has 2 atom stereocenters. The van der Waals surface area contributed by atoms with E-state index in [1.807, 2.05) is 21.1 Å². The van der Waals surface area contributed by atoms with Crippen LogP contribution >= 0.6 is 0 Å². The van der Waals surface area contributed by atoms with E-state index in [4.69, 9.17) is 18.9 Å². The summed E-state index contributed by atoms with van der Waals surface area (Å²) in [6.07, 6.45) is 44.2. The number of hydrogen-bond donors (Lipinski definition) is 1. The number of unbranched alkanes of at least 4 members (excludes halogenated alkanes) is 15. The third-order valence-electron chi connectivity index (χ3n) is 9.26. The SMILES string of the molecule is CC/C=C\C/C=C\C/C=C\C/C=C\CCCCCCCCC(=O)OC(COC(=O)CCCCCCC/C=C\CCCCCC)COC(OCC[N+](C)(C)C)C(=O)O. The van der Waals surface area contributed by atoms with E-state index in [1.54, 1.807) is 0 Å². The number of rotatable bonds is 40. The lowest BCUT2D eigenvalue weighted by Crippen LogP contribution is -2.40. The normalized spacial score (nSPS) is 13.5. The van der Waals surface area contributed by atoms with Crippen molar-refractivity contribution in [3.8, 4) is 0 Å². The van der Waals surface area contributed by atoms with Crippen molar-refractivity contribution in [1.82, 2.24) is 0 Å². The Kier molecular flexibility index (Phi) is 37.7. The van der Waals surface area contributed by atoms with Gasteiger partial charge in [0.25, 0.3) is 6.29 Å². The third-order valence-corrected chi connectivity index (χ3v) is 9.26. The second-order valence-electron chi connectivity index (χ2n) is 16.0. The van der Waals surface area contributed by atoms with Crippen LogP contribution in [0.15, 0.2) is 60.8 Å². The predicted octanol–water partition coefficient (Wildman–Crippen LogP) is 11.8. The molecule has 0 aromatic rings. The summed E-state index contributed by atoms with van der Waals surface area (Å²) in [5.74, 6) is -2.04. The van der Waals surface area contributed by atoms with E-state index >= 15 is 0 Å². The van der Waals surface area contributed by atoms with Crippen LogP contribution in [0.5, 0.6) is 0 Å². The van der Waals surface area contributed by atoms with Gasteiger partial charge in [-0.25, -0.2) is 4.79 Å². The fourth-order valence-electron chi connectivity index (χ4n) is 5.76. The van der Waals surface area contributed by atoms with Gasteiger partial charge in [0.2, 0.25) is 0 Å². The van der Waals surface area contributed by atoms with Gasteiger partial charge in [-0.05, 0) is 77.0 Å². The minimum absolute atomic E-state index is 0.181. The number of ether oxygens (including phenoxy) is 4. The van der Waals surface area contributed by atoms with Gasteiger partial charge in [0, 0.05) is 12.8 Å². The summed E-state index contributed by atoms with van der Waals surface area (Å²) < 4.78 is 22.7. The van der Waals surface area contributed by atoms with Gasteiger partial charge in [0.1, 0.15) is 13.2 Å². The number of esters is 2. The fourth-order valence-corrected chi connectivity index (χ4v) is 5.76. The van der Waals surface area contributed by atoms with E-state index in [1.165, 1.54) is 32.1 Å². The Morgan fingerprint density at radius 3 is 1.51 bits per heavy atom. The summed E-state index contributed by atoms with van der Waals surface area (Å²) in [6.45, 7) is 4.70. The number of carbonyl (C=O) groups excluding carboxylic acids is 2. The van der Waals surface area contributed by atoms with Gasteiger partial charge in [-0.1, -0.05) is 139 Å². The highest BCUT2D eigenvalue weighted by Gasteiger charge is 2.25. The maximum Gasteiger partial charge on any atom is 0.361 e. The molecule has 0 heterocycles. The number of hydrogen-bond acceptors (Lipinski definition) is 7. The molecule has 0 spiro atoms. The average molecular weight is 803 g/mol. The van der Waals surface area contributed by atoms with Crippen LogP contribution in [0.2, 0.25) is 0 Å². The van der Waals surface area contributed by atoms with Gasteiger partial charge in [-0.3, -0.25) is 9.59 Å². The first kappa shape index (κ1) is 54.0. The summed E-state index contributed by atoms with van der Waals surface area (Å²) >= 11 is 0. The zero-order valence-electron chi connectivity index (χ0n) is 37.0. The summed E-state index contributed by atoms with van der Waals surface area (Å²) in [7, 11) is 5.94. The second-order valence-corrected chi connectivity index (χ2v) is 16.0. The van der Waals surface area contributed by atoms with Crippen LogP contribution in [0.25, 0.3) is 0 Å². The number of carbonyl (C=O) groups is 3. The number of aliphatic carboxylic acids is 1. The van der Waals surface area contributed by atoms with Crippen LogP contribution in [-0.4, -0.2) is 87.4 Å². The van der Waals surface area contributed by atoms with Gasteiger partial charge in [0.05, 0.1) is 34.4 Å². The lowest BCUT2D eigenvalue weighted by Gasteiger charge is -2.25. The van der Waals surface area contributed by atoms with Crippen molar-refractivity contribution in [2.24, 2.45) is 0 Å². The van der Waals surface area contributed by atoms with Crippen molar-refractivity contribution >= 4 is 17.9 Å². The molecule has 0 aromatic heterocycles. The lowest BCUT2D eigenvalue weighted by atomic mass is 10.1. The minimum atomic E-state index is -1.52. The molecule has 1 N–H and O–H groups in total. The van der Waals surface area contributed by atoms with Crippen molar-refractivity contribution in [3.63, 3.8) is 0 Å². The first-order valence-electron chi connectivity index (χ1n) is 22.5. The molecular formula is C48H84NO8+. The van der Waals surface area contributed by atoms with E-state index in [0.717, 1.165) is 103 Å². The minimum Gasteiger partial charge on any atom is -0.477 e. The Morgan fingerprint density at radius 1 is 0.544 bits per heavy atom. The third kappa shape index (κ3) is 41.0. The highest BCUT2D eigenvalue weighted by atomic mass is 16.7. The van der Waals surface area contributed by atoms with Crippen LogP contribution in [-0.2, 0) is 33.3 Å². The van der Waals surface area contributed by atoms with Crippen molar-refractivity contribution in [1.29, 1.82) is 0 Å². The van der Waals surface area contributed by atoms with E-state index in [0.29, 0.717) is 17.4 Å². The Hall–Kier alpha value is -3.01. The molecule has 0 saturated carbocycles. The number of allylic oxidation sites excluding steroid dienone is 10. The predicted molar refractivity (Wildman–Crippen MR) is 235 cm³/mol. The maximum absolute atomic E-state index is 12.8. The van der Waals surface area contributed by atoms with E-state index in [9.17, 15) is 19.5 Å². The number of quaternary nitrogens is 1. The van der Waals surface area contributed by atoms with Gasteiger partial charge in [-0.2, -0.15) is 0 Å². The van der Waals surface area contributed by atoms with Crippen LogP contribution in [0.3, 0.4) is 0 Å². The Labute approximate surface area is 348 Å². The highest BCUT2D eigenvalue weighted by Crippen LogP contribution is 2.13. The number of carboxylic acid groups (broad SMARTS) is 1. The standard InChI is InChI=1S/C48H83NO8/c1-6-8-10-12-14-16-18-20-21-22-23-24-25-27-29-31-33-35-37-39-46(51)57-44(43-56-48(47(52)53)54-41-40-49(3,4)5)42-55-45(50)38-36-34-32-30-28-26-19-17-15-13-11-9-7-2/h8,10,14,16-17,19-21,23-24,44,48H,6-7,9,11-13,15,18,22,25-43H2,1-5H3/p+1/b10-8-,16-14-,19-17-,21-20-,24-23-. The van der Waals surface area contributed by atoms with Crippen LogP contribution < -0.4 is 0 Å². The summed E-state index contributed by atoms with van der Waals surface area (Å²) in [6, 6.07) is 0. The average Bonchev–Trinajstić information content (AvgIpc) is 3.17. The van der Waals surface area contributed by atoms with E-state index < -0.39 is 24.3 Å². The van der Waals surface area contributed by atoms with Crippen LogP contribution in [0.4, 0.5) is 0 Å². The molecular weight excluding hydrogens is 719 g/mol. The molecule has 0 fully saturated rings. The molecule has 0 aliphatic rings. The molecule has 0 radical (unpaired) electrons. The first-order valence-corrected chi connectivity index (χ1v) is 22.5. The van der Waals surface area contributed by atoms with Crippen molar-refractivity contribution in [2.45, 2.75) is 180 Å². The Bertz CT molecular complexity index is 1120. The Morgan fingerprint density at radius 2 is 1.00 bits per heavy atom. The lowest BCUT2D eigenvalue weighted by molar-refractivity contribution is -0.870. The zero-order chi connectivity index (χ0) is 42.1. The van der Waals surface area contributed by atoms with E-state index in [2.05, 4.69) is 74.6 Å². The molecule has 0 bridgehead atoms. The molecule has 9 heteroatoms. The zero-order valence-corrected chi connectivity index (χ0v) is 37.0. The number of likely N-dealkylation sites (N-methyl/N-ethyl adjacent to an activating group) is 1. The van der Waals surface area contributed by atoms with Gasteiger partial charge >= 0.3 is 17.9 Å². The summed E-state index contributed by atoms with van der Waals surface area (Å²) in [5.41, 5.74) is 0. The van der Waals surface area contributed by atoms with Crippen LogP contribution in [0, 0.1) is 0 Å². The first-order chi connectivity index (χ1) is 27.6. The topological polar surface area (TPSA) is 108 Å².